The summed E-state index contributed by atoms with van der Waals surface area (Å²) >= 11 is 9.41. The Balaban J connectivity index is 2.06. The third-order valence-electron chi connectivity index (χ3n) is 3.21. The number of hydrogen-bond donors (Lipinski definition) is 1. The van der Waals surface area contributed by atoms with Crippen LogP contribution in [0.5, 0.6) is 0 Å². The van der Waals surface area contributed by atoms with E-state index in [9.17, 15) is 4.79 Å². The van der Waals surface area contributed by atoms with E-state index >= 15 is 0 Å². The summed E-state index contributed by atoms with van der Waals surface area (Å²) in [5.74, 6) is -0.131. The molecule has 1 amide bonds. The Bertz CT molecular complexity index is 490. The Morgan fingerprint density at radius 1 is 1.53 bits per heavy atom. The molecular weight excluding hydrogens is 330 g/mol. The fourth-order valence-electron chi connectivity index (χ4n) is 2.29. The molecule has 1 heterocycles. The number of rotatable bonds is 2. The molecule has 1 aliphatic rings. The van der Waals surface area contributed by atoms with Gasteiger partial charge in [0.2, 0.25) is 0 Å². The summed E-state index contributed by atoms with van der Waals surface area (Å²) in [4.78, 5) is 12.2. The van der Waals surface area contributed by atoms with Crippen molar-refractivity contribution in [1.82, 2.24) is 5.32 Å². The molecule has 1 aromatic carbocycles. The van der Waals surface area contributed by atoms with Gasteiger partial charge in [0.05, 0.1) is 16.2 Å². The molecular formula is C14H17BrClNO2. The van der Waals surface area contributed by atoms with Crippen LogP contribution >= 0.6 is 27.5 Å². The van der Waals surface area contributed by atoms with Crippen LogP contribution in [0, 0.1) is 0 Å². The normalized spacial score (nSPS) is 22.0. The highest BCUT2D eigenvalue weighted by atomic mass is 79.9. The largest absolute Gasteiger partial charge is 0.375 e. The molecule has 1 aliphatic heterocycles. The molecule has 104 valence electrons. The van der Waals surface area contributed by atoms with Gasteiger partial charge in [0.15, 0.2) is 0 Å². The molecule has 0 radical (unpaired) electrons. The van der Waals surface area contributed by atoms with Gasteiger partial charge < -0.3 is 10.1 Å². The molecule has 1 fully saturated rings. The predicted molar refractivity (Wildman–Crippen MR) is 79.7 cm³/mol. The van der Waals surface area contributed by atoms with Crippen LogP contribution < -0.4 is 5.32 Å². The highest BCUT2D eigenvalue weighted by molar-refractivity contribution is 9.10. The molecule has 1 aromatic rings. The summed E-state index contributed by atoms with van der Waals surface area (Å²) in [6, 6.07) is 5.40. The van der Waals surface area contributed by atoms with E-state index in [1.807, 2.05) is 19.9 Å². The zero-order valence-electron chi connectivity index (χ0n) is 11.0. The van der Waals surface area contributed by atoms with E-state index in [1.54, 1.807) is 12.1 Å². The van der Waals surface area contributed by atoms with Crippen molar-refractivity contribution >= 4 is 33.4 Å². The highest BCUT2D eigenvalue weighted by Crippen LogP contribution is 2.25. The van der Waals surface area contributed by atoms with Gasteiger partial charge >= 0.3 is 0 Å². The molecule has 0 aromatic heterocycles. The average molecular weight is 347 g/mol. The van der Waals surface area contributed by atoms with Crippen LogP contribution in [-0.2, 0) is 4.74 Å². The Labute approximate surface area is 126 Å². The smallest absolute Gasteiger partial charge is 0.253 e. The molecule has 0 bridgehead atoms. The fraction of sp³-hybridized carbons (Fsp3) is 0.500. The Morgan fingerprint density at radius 2 is 2.26 bits per heavy atom. The van der Waals surface area contributed by atoms with Gasteiger partial charge in [0.25, 0.3) is 5.91 Å². The van der Waals surface area contributed by atoms with Crippen LogP contribution in [0.1, 0.15) is 37.0 Å². The van der Waals surface area contributed by atoms with Gasteiger partial charge in [-0.15, -0.1) is 0 Å². The molecule has 5 heteroatoms. The third-order valence-corrected chi connectivity index (χ3v) is 4.03. The number of carbonyl (C=O) groups excluding carboxylic acids is 1. The molecule has 3 nitrogen and oxygen atoms in total. The Kier molecular flexibility index (Phi) is 4.54. The number of amides is 1. The topological polar surface area (TPSA) is 38.3 Å². The molecule has 1 unspecified atom stereocenters. The van der Waals surface area contributed by atoms with Crippen molar-refractivity contribution in [2.45, 2.75) is 38.3 Å². The lowest BCUT2D eigenvalue weighted by Gasteiger charge is -2.35. The zero-order chi connectivity index (χ0) is 14.0. The first-order chi connectivity index (χ1) is 8.87. The zero-order valence-corrected chi connectivity index (χ0v) is 13.3. The second-order valence-electron chi connectivity index (χ2n) is 5.40. The van der Waals surface area contributed by atoms with Crippen LogP contribution in [0.15, 0.2) is 22.7 Å². The lowest BCUT2D eigenvalue weighted by molar-refractivity contribution is -0.0615. The number of ether oxygens (including phenoxy) is 1. The van der Waals surface area contributed by atoms with Gasteiger partial charge in [-0.05, 0) is 44.9 Å². The quantitative estimate of drug-likeness (QED) is 0.885. The van der Waals surface area contributed by atoms with Crippen LogP contribution in [0.25, 0.3) is 0 Å². The molecule has 2 rings (SSSR count). The van der Waals surface area contributed by atoms with Gasteiger partial charge in [-0.1, -0.05) is 27.5 Å². The average Bonchev–Trinajstić information content (AvgIpc) is 2.31. The standard InChI is InChI=1S/C14H17BrClNO2/c1-14(2)8-10(5-6-19-14)17-13(18)11-7-9(15)3-4-12(11)16/h3-4,7,10H,5-6,8H2,1-2H3,(H,17,18). The van der Waals surface area contributed by atoms with Crippen molar-refractivity contribution in [2.24, 2.45) is 0 Å². The number of benzene rings is 1. The minimum Gasteiger partial charge on any atom is -0.375 e. The maximum Gasteiger partial charge on any atom is 0.253 e. The summed E-state index contributed by atoms with van der Waals surface area (Å²) in [6.07, 6.45) is 1.64. The summed E-state index contributed by atoms with van der Waals surface area (Å²) in [6.45, 7) is 4.75. The molecule has 1 atom stereocenters. The Hall–Kier alpha value is -0.580. The van der Waals surface area contributed by atoms with E-state index in [1.165, 1.54) is 0 Å². The SMILES string of the molecule is CC1(C)CC(NC(=O)c2cc(Br)ccc2Cl)CCO1. The van der Waals surface area contributed by atoms with Crippen molar-refractivity contribution in [3.8, 4) is 0 Å². The van der Waals surface area contributed by atoms with E-state index in [0.29, 0.717) is 17.2 Å². The maximum atomic E-state index is 12.2. The molecule has 0 saturated carbocycles. The van der Waals surface area contributed by atoms with Crippen molar-refractivity contribution < 1.29 is 9.53 Å². The number of carbonyl (C=O) groups is 1. The number of halogens is 2. The number of nitrogens with one attached hydrogen (secondary N) is 1. The molecule has 1 N–H and O–H groups in total. The molecule has 19 heavy (non-hydrogen) atoms. The highest BCUT2D eigenvalue weighted by Gasteiger charge is 2.30. The van der Waals surface area contributed by atoms with E-state index in [2.05, 4.69) is 21.2 Å². The molecule has 0 aliphatic carbocycles. The monoisotopic (exact) mass is 345 g/mol. The first-order valence-corrected chi connectivity index (χ1v) is 7.44. The number of hydrogen-bond acceptors (Lipinski definition) is 2. The van der Waals surface area contributed by atoms with E-state index in [-0.39, 0.29) is 17.6 Å². The summed E-state index contributed by atoms with van der Waals surface area (Å²) < 4.78 is 6.48. The first-order valence-electron chi connectivity index (χ1n) is 6.27. The van der Waals surface area contributed by atoms with Crippen molar-refractivity contribution in [1.29, 1.82) is 0 Å². The van der Waals surface area contributed by atoms with E-state index in [4.69, 9.17) is 16.3 Å². The first kappa shape index (κ1) is 14.8. The second kappa shape index (κ2) is 5.81. The fourth-order valence-corrected chi connectivity index (χ4v) is 2.85. The van der Waals surface area contributed by atoms with Crippen LogP contribution in [0.3, 0.4) is 0 Å². The van der Waals surface area contributed by atoms with E-state index in [0.717, 1.165) is 17.3 Å². The van der Waals surface area contributed by atoms with Crippen molar-refractivity contribution in [3.05, 3.63) is 33.3 Å². The van der Waals surface area contributed by atoms with Gasteiger partial charge in [0, 0.05) is 17.1 Å². The van der Waals surface area contributed by atoms with Crippen LogP contribution in [-0.4, -0.2) is 24.2 Å². The summed E-state index contributed by atoms with van der Waals surface area (Å²) in [5, 5.41) is 3.50. The minimum atomic E-state index is -0.183. The maximum absolute atomic E-state index is 12.2. The van der Waals surface area contributed by atoms with Gasteiger partial charge in [-0.2, -0.15) is 0 Å². The molecule has 0 spiro atoms. The van der Waals surface area contributed by atoms with Gasteiger partial charge in [0.1, 0.15) is 0 Å². The van der Waals surface area contributed by atoms with Crippen LogP contribution in [0.4, 0.5) is 0 Å². The Morgan fingerprint density at radius 3 is 2.95 bits per heavy atom. The van der Waals surface area contributed by atoms with Crippen molar-refractivity contribution in [3.63, 3.8) is 0 Å². The second-order valence-corrected chi connectivity index (χ2v) is 6.72. The van der Waals surface area contributed by atoms with Gasteiger partial charge in [-0.25, -0.2) is 0 Å². The van der Waals surface area contributed by atoms with Crippen LogP contribution in [0.2, 0.25) is 5.02 Å². The summed E-state index contributed by atoms with van der Waals surface area (Å²) in [5.41, 5.74) is 0.317. The summed E-state index contributed by atoms with van der Waals surface area (Å²) in [7, 11) is 0. The lowest BCUT2D eigenvalue weighted by Crippen LogP contribution is -2.45. The predicted octanol–water partition coefficient (Wildman–Crippen LogP) is 3.79. The molecule has 1 saturated heterocycles. The van der Waals surface area contributed by atoms with Crippen molar-refractivity contribution in [2.75, 3.05) is 6.61 Å². The third kappa shape index (κ3) is 3.94. The minimum absolute atomic E-state index is 0.131. The van der Waals surface area contributed by atoms with E-state index < -0.39 is 0 Å². The lowest BCUT2D eigenvalue weighted by atomic mass is 9.94. The van der Waals surface area contributed by atoms with Gasteiger partial charge in [-0.3, -0.25) is 4.79 Å².